The van der Waals surface area contributed by atoms with Gasteiger partial charge in [0.15, 0.2) is 11.5 Å². The van der Waals surface area contributed by atoms with Crippen molar-refractivity contribution in [2.45, 2.75) is 39.2 Å². The van der Waals surface area contributed by atoms with Crippen LogP contribution in [0.2, 0.25) is 0 Å². The summed E-state index contributed by atoms with van der Waals surface area (Å²) in [5.41, 5.74) is 1.45. The molecule has 0 spiro atoms. The van der Waals surface area contributed by atoms with Crippen molar-refractivity contribution in [2.24, 2.45) is 0 Å². The van der Waals surface area contributed by atoms with Gasteiger partial charge >= 0.3 is 0 Å². The average Bonchev–Trinajstić information content (AvgIpc) is 2.74. The third-order valence-corrected chi connectivity index (χ3v) is 4.84. The molecule has 6 nitrogen and oxygen atoms in total. The molecule has 0 radical (unpaired) electrons. The fraction of sp³-hybridized carbons (Fsp3) is 0.391. The summed E-state index contributed by atoms with van der Waals surface area (Å²) in [5.74, 6) is 0.723. The Bertz CT molecular complexity index is 873. The van der Waals surface area contributed by atoms with Gasteiger partial charge in [-0.3, -0.25) is 9.59 Å². The number of rotatable bonds is 6. The summed E-state index contributed by atoms with van der Waals surface area (Å²) in [6, 6.07) is 12.2. The predicted molar refractivity (Wildman–Crippen MR) is 113 cm³/mol. The molecule has 2 amide bonds. The van der Waals surface area contributed by atoms with Gasteiger partial charge in [-0.2, -0.15) is 0 Å². The summed E-state index contributed by atoms with van der Waals surface area (Å²) in [6.45, 7) is 5.37. The molecule has 0 saturated carbocycles. The maximum Gasteiger partial charge on any atom is 0.255 e. The number of para-hydroxylation sites is 1. The van der Waals surface area contributed by atoms with Gasteiger partial charge in [0.25, 0.3) is 11.8 Å². The molecule has 6 heteroatoms. The number of amides is 2. The van der Waals surface area contributed by atoms with E-state index in [4.69, 9.17) is 9.47 Å². The van der Waals surface area contributed by atoms with Crippen LogP contribution in [0.4, 0.5) is 5.69 Å². The Morgan fingerprint density at radius 3 is 2.41 bits per heavy atom. The molecule has 0 atom stereocenters. The van der Waals surface area contributed by atoms with E-state index in [9.17, 15) is 9.59 Å². The minimum absolute atomic E-state index is 0.00347. The number of methoxy groups -OCH3 is 1. The van der Waals surface area contributed by atoms with Gasteiger partial charge in [-0.1, -0.05) is 12.1 Å². The smallest absolute Gasteiger partial charge is 0.255 e. The van der Waals surface area contributed by atoms with E-state index in [1.54, 1.807) is 30.3 Å². The first-order valence-corrected chi connectivity index (χ1v) is 10.0. The van der Waals surface area contributed by atoms with Gasteiger partial charge in [-0.25, -0.2) is 0 Å². The van der Waals surface area contributed by atoms with Crippen molar-refractivity contribution in [3.63, 3.8) is 0 Å². The van der Waals surface area contributed by atoms with Crippen LogP contribution in [0.25, 0.3) is 0 Å². The Morgan fingerprint density at radius 1 is 1.00 bits per heavy atom. The Labute approximate surface area is 171 Å². The van der Waals surface area contributed by atoms with Crippen LogP contribution < -0.4 is 14.8 Å². The lowest BCUT2D eigenvalue weighted by atomic mass is 10.1. The molecule has 1 heterocycles. The maximum atomic E-state index is 12.9. The molecule has 1 saturated heterocycles. The van der Waals surface area contributed by atoms with Crippen molar-refractivity contribution < 1.29 is 19.1 Å². The number of piperidine rings is 1. The summed E-state index contributed by atoms with van der Waals surface area (Å²) in [7, 11) is 1.54. The first kappa shape index (κ1) is 20.7. The van der Waals surface area contributed by atoms with E-state index >= 15 is 0 Å². The molecule has 2 aromatic carbocycles. The second kappa shape index (κ2) is 9.45. The molecular formula is C23H28N2O4. The number of carbonyl (C=O) groups excluding carboxylic acids is 2. The van der Waals surface area contributed by atoms with E-state index in [2.05, 4.69) is 5.32 Å². The molecular weight excluding hydrogens is 368 g/mol. The highest BCUT2D eigenvalue weighted by Gasteiger charge is 2.22. The van der Waals surface area contributed by atoms with Crippen LogP contribution in [-0.2, 0) is 0 Å². The number of nitrogens with one attached hydrogen (secondary N) is 1. The summed E-state index contributed by atoms with van der Waals surface area (Å²) >= 11 is 0. The van der Waals surface area contributed by atoms with Crippen molar-refractivity contribution in [3.05, 3.63) is 53.6 Å². The van der Waals surface area contributed by atoms with E-state index < -0.39 is 0 Å². The summed E-state index contributed by atoms with van der Waals surface area (Å²) in [4.78, 5) is 27.6. The largest absolute Gasteiger partial charge is 0.493 e. The van der Waals surface area contributed by atoms with Crippen LogP contribution in [-0.4, -0.2) is 43.0 Å². The number of ether oxygens (including phenoxy) is 2. The maximum absolute atomic E-state index is 12.9. The SMILES string of the molecule is COc1cc(C(=O)Nc2ccccc2C(=O)N2CCCCC2)ccc1OC(C)C. The standard InChI is InChI=1S/C23H28N2O4/c1-16(2)29-20-12-11-17(15-21(20)28-3)22(26)24-19-10-6-5-9-18(19)23(27)25-13-7-4-8-14-25/h5-6,9-12,15-16H,4,7-8,13-14H2,1-3H3,(H,24,26). The highest BCUT2D eigenvalue weighted by molar-refractivity contribution is 6.09. The first-order valence-electron chi connectivity index (χ1n) is 10.0. The van der Waals surface area contributed by atoms with E-state index in [1.165, 1.54) is 7.11 Å². The highest BCUT2D eigenvalue weighted by Crippen LogP contribution is 2.29. The fourth-order valence-electron chi connectivity index (χ4n) is 3.40. The van der Waals surface area contributed by atoms with Gasteiger partial charge in [-0.05, 0) is 63.4 Å². The zero-order valence-corrected chi connectivity index (χ0v) is 17.2. The molecule has 0 bridgehead atoms. The highest BCUT2D eigenvalue weighted by atomic mass is 16.5. The van der Waals surface area contributed by atoms with Crippen molar-refractivity contribution >= 4 is 17.5 Å². The Balaban J connectivity index is 1.80. The molecule has 1 aliphatic heterocycles. The van der Waals surface area contributed by atoms with Gasteiger partial charge in [0, 0.05) is 18.7 Å². The third-order valence-electron chi connectivity index (χ3n) is 4.84. The van der Waals surface area contributed by atoms with Crippen LogP contribution in [0.15, 0.2) is 42.5 Å². The number of anilines is 1. The summed E-state index contributed by atoms with van der Waals surface area (Å²) in [5, 5.41) is 2.88. The van der Waals surface area contributed by atoms with Crippen molar-refractivity contribution in [3.8, 4) is 11.5 Å². The molecule has 3 rings (SSSR count). The molecule has 0 aromatic heterocycles. The number of carbonyl (C=O) groups is 2. The molecule has 154 valence electrons. The van der Waals surface area contributed by atoms with Gasteiger partial charge in [-0.15, -0.1) is 0 Å². The predicted octanol–water partition coefficient (Wildman–Crippen LogP) is 4.36. The Morgan fingerprint density at radius 2 is 1.72 bits per heavy atom. The van der Waals surface area contributed by atoms with Gasteiger partial charge < -0.3 is 19.7 Å². The van der Waals surface area contributed by atoms with Crippen molar-refractivity contribution in [1.29, 1.82) is 0 Å². The minimum Gasteiger partial charge on any atom is -0.493 e. The molecule has 0 aliphatic carbocycles. The molecule has 0 unspecified atom stereocenters. The zero-order valence-electron chi connectivity index (χ0n) is 17.2. The topological polar surface area (TPSA) is 67.9 Å². The number of nitrogens with zero attached hydrogens (tertiary/aromatic N) is 1. The van der Waals surface area contributed by atoms with E-state index in [-0.39, 0.29) is 17.9 Å². The zero-order chi connectivity index (χ0) is 20.8. The van der Waals surface area contributed by atoms with Gasteiger partial charge in [0.1, 0.15) is 0 Å². The van der Waals surface area contributed by atoms with Crippen LogP contribution in [0.3, 0.4) is 0 Å². The van der Waals surface area contributed by atoms with E-state index in [1.807, 2.05) is 30.9 Å². The molecule has 1 aliphatic rings. The summed E-state index contributed by atoms with van der Waals surface area (Å²) in [6.07, 6.45) is 3.19. The lowest BCUT2D eigenvalue weighted by Crippen LogP contribution is -2.36. The second-order valence-corrected chi connectivity index (χ2v) is 7.38. The fourth-order valence-corrected chi connectivity index (χ4v) is 3.40. The van der Waals surface area contributed by atoms with Crippen LogP contribution in [0, 0.1) is 0 Å². The Hall–Kier alpha value is -3.02. The van der Waals surface area contributed by atoms with Crippen LogP contribution in [0.5, 0.6) is 11.5 Å². The number of likely N-dealkylation sites (tertiary alicyclic amines) is 1. The average molecular weight is 396 g/mol. The van der Waals surface area contributed by atoms with Crippen molar-refractivity contribution in [2.75, 3.05) is 25.5 Å². The van der Waals surface area contributed by atoms with Gasteiger partial charge in [0.2, 0.25) is 0 Å². The van der Waals surface area contributed by atoms with Crippen molar-refractivity contribution in [1.82, 2.24) is 4.90 Å². The number of hydrogen-bond donors (Lipinski definition) is 1. The Kier molecular flexibility index (Phi) is 6.75. The molecule has 29 heavy (non-hydrogen) atoms. The number of hydrogen-bond acceptors (Lipinski definition) is 4. The summed E-state index contributed by atoms with van der Waals surface area (Å²) < 4.78 is 11.1. The van der Waals surface area contributed by atoms with Crippen LogP contribution >= 0.6 is 0 Å². The lowest BCUT2D eigenvalue weighted by molar-refractivity contribution is 0.0725. The van der Waals surface area contributed by atoms with E-state index in [0.29, 0.717) is 28.3 Å². The normalized spacial score (nSPS) is 13.9. The quantitative estimate of drug-likeness (QED) is 0.788. The molecule has 2 aromatic rings. The third kappa shape index (κ3) is 5.08. The molecule has 1 fully saturated rings. The minimum atomic E-state index is -0.307. The van der Waals surface area contributed by atoms with Crippen LogP contribution in [0.1, 0.15) is 53.8 Å². The first-order chi connectivity index (χ1) is 14.0. The monoisotopic (exact) mass is 396 g/mol. The van der Waals surface area contributed by atoms with E-state index in [0.717, 1.165) is 32.4 Å². The van der Waals surface area contributed by atoms with Gasteiger partial charge in [0.05, 0.1) is 24.5 Å². The lowest BCUT2D eigenvalue weighted by Gasteiger charge is -2.27. The number of benzene rings is 2. The second-order valence-electron chi connectivity index (χ2n) is 7.38. The molecule has 1 N–H and O–H groups in total.